The molecule has 43 heavy (non-hydrogen) atoms. The summed E-state index contributed by atoms with van der Waals surface area (Å²) in [6, 6.07) is 6.56. The summed E-state index contributed by atoms with van der Waals surface area (Å²) in [5, 5.41) is 14.6. The van der Waals surface area contributed by atoms with Gasteiger partial charge in [0.05, 0.1) is 0 Å². The van der Waals surface area contributed by atoms with Gasteiger partial charge in [-0.2, -0.15) is 0 Å². The smallest absolute Gasteiger partial charge is 0.309 e. The van der Waals surface area contributed by atoms with Gasteiger partial charge >= 0.3 is 11.8 Å². The van der Waals surface area contributed by atoms with Crippen molar-refractivity contribution in [2.75, 3.05) is 6.54 Å². The van der Waals surface area contributed by atoms with Gasteiger partial charge in [0.1, 0.15) is 5.75 Å². The minimum atomic E-state index is -0.613. The van der Waals surface area contributed by atoms with E-state index in [4.69, 9.17) is 0 Å². The monoisotopic (exact) mass is 601 g/mol. The predicted octanol–water partition coefficient (Wildman–Crippen LogP) is 10.7. The molecule has 0 atom stereocenters. The summed E-state index contributed by atoms with van der Waals surface area (Å²) in [6.07, 6.45) is 37.3. The van der Waals surface area contributed by atoms with E-state index >= 15 is 0 Å². The summed E-state index contributed by atoms with van der Waals surface area (Å²) < 4.78 is 0. The lowest BCUT2D eigenvalue weighted by molar-refractivity contribution is -0.139. The highest BCUT2D eigenvalue weighted by Crippen LogP contribution is 2.16. The molecule has 0 bridgehead atoms. The summed E-state index contributed by atoms with van der Waals surface area (Å²) in [4.78, 5) is 23.8. The molecule has 0 spiro atoms. The number of phenolic OH excluding ortho intramolecular Hbond substituents is 1. The number of benzene rings is 1. The maximum absolute atomic E-state index is 11.9. The van der Waals surface area contributed by atoms with Gasteiger partial charge in [-0.1, -0.05) is 186 Å². The van der Waals surface area contributed by atoms with Gasteiger partial charge in [0.2, 0.25) is 0 Å². The van der Waals surface area contributed by atoms with E-state index in [0.717, 1.165) is 18.4 Å². The van der Waals surface area contributed by atoms with Crippen molar-refractivity contribution in [3.63, 3.8) is 0 Å². The number of nitrogens with one attached hydrogen (secondary N) is 2. The van der Waals surface area contributed by atoms with Crippen LogP contribution in [0.15, 0.2) is 24.3 Å². The van der Waals surface area contributed by atoms with E-state index < -0.39 is 11.8 Å². The molecule has 1 rings (SSSR count). The van der Waals surface area contributed by atoms with Crippen LogP contribution in [0, 0.1) is 0 Å². The van der Waals surface area contributed by atoms with Crippen molar-refractivity contribution in [1.29, 1.82) is 0 Å². The Morgan fingerprint density at radius 1 is 0.465 bits per heavy atom. The molecule has 0 radical (unpaired) electrons. The molecular formula is C38H68N2O3. The second-order valence-corrected chi connectivity index (χ2v) is 12.8. The fourth-order valence-corrected chi connectivity index (χ4v) is 5.78. The second-order valence-electron chi connectivity index (χ2n) is 12.8. The van der Waals surface area contributed by atoms with E-state index in [1.54, 1.807) is 24.3 Å². The van der Waals surface area contributed by atoms with Gasteiger partial charge in [0, 0.05) is 13.1 Å². The highest BCUT2D eigenvalue weighted by atomic mass is 16.3. The van der Waals surface area contributed by atoms with Crippen molar-refractivity contribution >= 4 is 11.8 Å². The average molecular weight is 601 g/mol. The van der Waals surface area contributed by atoms with E-state index in [2.05, 4.69) is 17.6 Å². The number of hydrogen-bond donors (Lipinski definition) is 3. The first-order chi connectivity index (χ1) is 21.1. The van der Waals surface area contributed by atoms with Crippen LogP contribution in [0.2, 0.25) is 0 Å². The van der Waals surface area contributed by atoms with E-state index in [-0.39, 0.29) is 12.3 Å². The number of amides is 2. The van der Waals surface area contributed by atoms with Gasteiger partial charge in [-0.25, -0.2) is 0 Å². The van der Waals surface area contributed by atoms with Crippen molar-refractivity contribution in [2.45, 2.75) is 187 Å². The Morgan fingerprint density at radius 3 is 1.12 bits per heavy atom. The van der Waals surface area contributed by atoms with Crippen LogP contribution in [0.3, 0.4) is 0 Å². The Balaban J connectivity index is 1.71. The molecule has 0 fully saturated rings. The maximum Gasteiger partial charge on any atom is 0.309 e. The van der Waals surface area contributed by atoms with Crippen LogP contribution in [0.25, 0.3) is 0 Å². The van der Waals surface area contributed by atoms with Gasteiger partial charge in [-0.05, 0) is 24.1 Å². The summed E-state index contributed by atoms with van der Waals surface area (Å²) in [5.41, 5.74) is 0.838. The zero-order chi connectivity index (χ0) is 31.1. The lowest BCUT2D eigenvalue weighted by atomic mass is 10.0. The number of phenols is 1. The van der Waals surface area contributed by atoms with Crippen molar-refractivity contribution in [1.82, 2.24) is 10.6 Å². The zero-order valence-electron chi connectivity index (χ0n) is 28.1. The molecule has 0 heterocycles. The fraction of sp³-hybridized carbons (Fsp3) is 0.789. The quantitative estimate of drug-likeness (QED) is 0.0607. The maximum atomic E-state index is 11.9. The van der Waals surface area contributed by atoms with Crippen LogP contribution >= 0.6 is 0 Å². The van der Waals surface area contributed by atoms with Crippen molar-refractivity contribution in [3.8, 4) is 5.75 Å². The summed E-state index contributed by atoms with van der Waals surface area (Å²) in [6.45, 7) is 3.11. The number of aromatic hydroxyl groups is 1. The molecule has 0 aliphatic heterocycles. The molecule has 5 heteroatoms. The largest absolute Gasteiger partial charge is 0.508 e. The van der Waals surface area contributed by atoms with Crippen LogP contribution < -0.4 is 10.6 Å². The van der Waals surface area contributed by atoms with E-state index in [9.17, 15) is 14.7 Å². The first kappa shape index (κ1) is 39.0. The second kappa shape index (κ2) is 30.0. The van der Waals surface area contributed by atoms with Crippen molar-refractivity contribution < 1.29 is 14.7 Å². The molecule has 0 aliphatic carbocycles. The number of carbonyl (C=O) groups is 2. The molecule has 1 aromatic rings. The van der Waals surface area contributed by atoms with Crippen LogP contribution in [0.1, 0.15) is 186 Å². The molecule has 248 valence electrons. The SMILES string of the molecule is CCCCCCCCCCCCCCCCCCCCCCCCCCCCCNC(=O)C(=O)NCc1ccc(O)cc1. The third-order valence-electron chi connectivity index (χ3n) is 8.66. The Hall–Kier alpha value is -2.04. The third-order valence-corrected chi connectivity index (χ3v) is 8.66. The fourth-order valence-electron chi connectivity index (χ4n) is 5.78. The molecule has 1 aromatic carbocycles. The number of hydrogen-bond acceptors (Lipinski definition) is 3. The molecule has 2 amide bonds. The van der Waals surface area contributed by atoms with E-state index in [0.29, 0.717) is 6.54 Å². The normalized spacial score (nSPS) is 11.1. The lowest BCUT2D eigenvalue weighted by Crippen LogP contribution is -2.39. The van der Waals surface area contributed by atoms with Crippen molar-refractivity contribution in [2.24, 2.45) is 0 Å². The standard InChI is InChI=1S/C38H68N2O3/c1-2-3-4-5-6-7-8-9-10-11-12-13-14-15-16-17-18-19-20-21-22-23-24-25-26-27-28-33-39-37(42)38(43)40-34-35-29-31-36(41)32-30-35/h29-32,41H,2-28,33-34H2,1H3,(H,39,42)(H,40,43). The van der Waals surface area contributed by atoms with E-state index in [1.165, 1.54) is 161 Å². The third kappa shape index (κ3) is 26.1. The molecule has 0 saturated heterocycles. The molecular weight excluding hydrogens is 532 g/mol. The first-order valence-electron chi connectivity index (χ1n) is 18.5. The number of carbonyl (C=O) groups excluding carboxylic acids is 2. The van der Waals surface area contributed by atoms with Gasteiger partial charge in [-0.15, -0.1) is 0 Å². The van der Waals surface area contributed by atoms with Crippen LogP contribution in [0.5, 0.6) is 5.75 Å². The van der Waals surface area contributed by atoms with Crippen LogP contribution in [-0.4, -0.2) is 23.5 Å². The summed E-state index contributed by atoms with van der Waals surface area (Å²) >= 11 is 0. The van der Waals surface area contributed by atoms with Gasteiger partial charge in [-0.3, -0.25) is 9.59 Å². The topological polar surface area (TPSA) is 78.4 Å². The van der Waals surface area contributed by atoms with Gasteiger partial charge in [0.15, 0.2) is 0 Å². The van der Waals surface area contributed by atoms with Gasteiger partial charge < -0.3 is 15.7 Å². The Bertz CT molecular complexity index is 765. The Morgan fingerprint density at radius 2 is 0.767 bits per heavy atom. The summed E-state index contributed by atoms with van der Waals surface area (Å²) in [7, 11) is 0. The highest BCUT2D eigenvalue weighted by molar-refractivity contribution is 6.35. The number of unbranched alkanes of at least 4 members (excludes halogenated alkanes) is 26. The van der Waals surface area contributed by atoms with Crippen molar-refractivity contribution in [3.05, 3.63) is 29.8 Å². The molecule has 3 N–H and O–H groups in total. The molecule has 0 unspecified atom stereocenters. The minimum absolute atomic E-state index is 0.179. The first-order valence-corrected chi connectivity index (χ1v) is 18.5. The molecule has 0 saturated carbocycles. The van der Waals surface area contributed by atoms with E-state index in [1.807, 2.05) is 0 Å². The van der Waals surface area contributed by atoms with Crippen LogP contribution in [0.4, 0.5) is 0 Å². The Labute approximate surface area is 265 Å². The Kier molecular flexibility index (Phi) is 27.2. The average Bonchev–Trinajstić information content (AvgIpc) is 3.01. The highest BCUT2D eigenvalue weighted by Gasteiger charge is 2.12. The molecule has 0 aliphatic rings. The number of rotatable bonds is 30. The minimum Gasteiger partial charge on any atom is -0.508 e. The van der Waals surface area contributed by atoms with Gasteiger partial charge in [0.25, 0.3) is 0 Å². The molecule has 5 nitrogen and oxygen atoms in total. The summed E-state index contributed by atoms with van der Waals surface area (Å²) in [5.74, 6) is -1.01. The van der Waals surface area contributed by atoms with Crippen LogP contribution in [-0.2, 0) is 16.1 Å². The zero-order valence-corrected chi connectivity index (χ0v) is 28.1. The lowest BCUT2D eigenvalue weighted by Gasteiger charge is -2.07. The molecule has 0 aromatic heterocycles. The predicted molar refractivity (Wildman–Crippen MR) is 183 cm³/mol.